The van der Waals surface area contributed by atoms with Crippen LogP contribution in [0.25, 0.3) is 6.08 Å². The Bertz CT molecular complexity index is 1560. The summed E-state index contributed by atoms with van der Waals surface area (Å²) in [4.78, 5) is 45.5. The van der Waals surface area contributed by atoms with Crippen molar-refractivity contribution in [2.24, 2.45) is 28.6 Å². The molecule has 1 aromatic carbocycles. The molecule has 4 rings (SSSR count). The van der Waals surface area contributed by atoms with E-state index in [1.165, 1.54) is 11.1 Å². The maximum absolute atomic E-state index is 15.3. The molecule has 1 saturated carbocycles. The predicted molar refractivity (Wildman–Crippen MR) is 205 cm³/mol. The van der Waals surface area contributed by atoms with Crippen LogP contribution < -0.4 is 0 Å². The topological polar surface area (TPSA) is 60.4 Å². The van der Waals surface area contributed by atoms with Crippen molar-refractivity contribution in [3.8, 4) is 0 Å². The van der Waals surface area contributed by atoms with E-state index in [0.717, 1.165) is 42.4 Å². The molecule has 2 bridgehead atoms. The van der Waals surface area contributed by atoms with E-state index in [0.29, 0.717) is 30.6 Å². The summed E-state index contributed by atoms with van der Waals surface area (Å²) in [5, 5.41) is 0. The third-order valence-corrected chi connectivity index (χ3v) is 11.2. The Balaban J connectivity index is 0.00000319. The average molecular weight is 669 g/mol. The Kier molecular flexibility index (Phi) is 13.3. The van der Waals surface area contributed by atoms with Crippen LogP contribution in [-0.2, 0) is 20.7 Å². The van der Waals surface area contributed by atoms with Gasteiger partial charge in [0.05, 0.1) is 10.8 Å². The molecule has 3 aliphatic rings. The Morgan fingerprint density at radius 2 is 1.51 bits per heavy atom. The van der Waals surface area contributed by atoms with Gasteiger partial charge in [0.15, 0.2) is 17.3 Å². The van der Waals surface area contributed by atoms with Crippen molar-refractivity contribution in [1.29, 1.82) is 0 Å². The molecular formula is C45H64O4. The minimum atomic E-state index is -1.33. The van der Waals surface area contributed by atoms with Gasteiger partial charge in [-0.1, -0.05) is 93.9 Å². The fraction of sp³-hybridized carbons (Fsp3) is 0.578. The summed E-state index contributed by atoms with van der Waals surface area (Å²) in [6, 6.07) is 5.77. The van der Waals surface area contributed by atoms with Crippen LogP contribution in [0.1, 0.15) is 150 Å². The molecule has 0 radical (unpaired) electrons. The van der Waals surface area contributed by atoms with Crippen LogP contribution in [-0.4, -0.2) is 23.0 Å². The number of hydrogen-bond acceptors (Lipinski definition) is 4. The second-order valence-corrected chi connectivity index (χ2v) is 15.7. The molecule has 2 fully saturated rings. The first-order chi connectivity index (χ1) is 23.0. The molecule has 4 heteroatoms. The average Bonchev–Trinajstić information content (AvgIpc) is 3.05. The number of carbonyl (C=O) groups excluding carboxylic acids is 3. The number of Topliss-reactive ketones (excluding diaryl/α,β-unsaturated/α-hetero) is 3. The maximum Gasteiger partial charge on any atom is 0.200 e. The van der Waals surface area contributed by atoms with Crippen LogP contribution in [0.5, 0.6) is 0 Å². The zero-order valence-corrected chi connectivity index (χ0v) is 32.9. The van der Waals surface area contributed by atoms with E-state index in [9.17, 15) is 4.79 Å². The molecule has 1 saturated heterocycles. The van der Waals surface area contributed by atoms with Crippen LogP contribution in [0.2, 0.25) is 0 Å². The Morgan fingerprint density at radius 1 is 0.898 bits per heavy atom. The quantitative estimate of drug-likeness (QED) is 0.102. The van der Waals surface area contributed by atoms with Crippen LogP contribution in [0.4, 0.5) is 0 Å². The van der Waals surface area contributed by atoms with E-state index < -0.39 is 16.4 Å². The third-order valence-electron chi connectivity index (χ3n) is 11.2. The largest absolute Gasteiger partial charge is 0.490 e. The van der Waals surface area contributed by atoms with Gasteiger partial charge in [0.2, 0.25) is 0 Å². The van der Waals surface area contributed by atoms with Crippen molar-refractivity contribution < 1.29 is 19.1 Å². The first-order valence-corrected chi connectivity index (χ1v) is 18.8. The minimum absolute atomic E-state index is 0.0365. The molecule has 268 valence electrons. The van der Waals surface area contributed by atoms with Gasteiger partial charge in [0.1, 0.15) is 16.9 Å². The summed E-state index contributed by atoms with van der Waals surface area (Å²) < 4.78 is 6.96. The van der Waals surface area contributed by atoms with Crippen LogP contribution in [0.15, 0.2) is 70.6 Å². The van der Waals surface area contributed by atoms with Crippen LogP contribution in [0.3, 0.4) is 0 Å². The number of carbonyl (C=O) groups is 3. The standard InChI is InChI=1S/C43H58O4.C2H6/c1-12-14-15-32-24-33(20-19-31(32)13-2)37(44)36-38(45)43(23-22-29(7)8)30(9)34(18-16-27(3)4)25-42(40(43)46)26-35(21-17-28(5)6)41(10,11)47-39(36)42;1-2/h14-17,19-20,22,24,30,34-35H,12-13,18,21,23,25-26H2,1-11H3;1-2H3/b15-14-;/t30-,34+,35-,42-,43-;/m0./s1. The summed E-state index contributed by atoms with van der Waals surface area (Å²) in [6.07, 6.45) is 15.4. The number of aryl methyl sites for hydroxylation is 1. The van der Waals surface area contributed by atoms with Crippen LogP contribution >= 0.6 is 0 Å². The van der Waals surface area contributed by atoms with Crippen molar-refractivity contribution in [3.05, 3.63) is 87.2 Å². The number of ether oxygens (including phenoxy) is 1. The highest BCUT2D eigenvalue weighted by Crippen LogP contribution is 2.65. The highest BCUT2D eigenvalue weighted by Gasteiger charge is 2.71. The Morgan fingerprint density at radius 3 is 2.08 bits per heavy atom. The zero-order chi connectivity index (χ0) is 36.9. The second kappa shape index (κ2) is 16.2. The molecule has 0 amide bonds. The van der Waals surface area contributed by atoms with Gasteiger partial charge in [-0.15, -0.1) is 0 Å². The van der Waals surface area contributed by atoms with Gasteiger partial charge in [0.25, 0.3) is 0 Å². The molecule has 49 heavy (non-hydrogen) atoms. The fourth-order valence-corrected chi connectivity index (χ4v) is 8.22. The number of hydrogen-bond donors (Lipinski definition) is 0. The predicted octanol–water partition coefficient (Wildman–Crippen LogP) is 11.8. The number of allylic oxidation sites excluding steroid dienone is 9. The monoisotopic (exact) mass is 668 g/mol. The molecule has 5 atom stereocenters. The molecule has 0 aromatic heterocycles. The molecule has 0 N–H and O–H groups in total. The molecular weight excluding hydrogens is 604 g/mol. The highest BCUT2D eigenvalue weighted by molar-refractivity contribution is 6.35. The van der Waals surface area contributed by atoms with E-state index >= 15 is 9.59 Å². The lowest BCUT2D eigenvalue weighted by atomic mass is 9.43. The van der Waals surface area contributed by atoms with Gasteiger partial charge in [-0.3, -0.25) is 14.4 Å². The number of benzene rings is 1. The number of rotatable bonds is 11. The first-order valence-electron chi connectivity index (χ1n) is 18.8. The third kappa shape index (κ3) is 7.74. The van der Waals surface area contributed by atoms with Gasteiger partial charge < -0.3 is 4.74 Å². The van der Waals surface area contributed by atoms with E-state index in [1.54, 1.807) is 0 Å². The molecule has 0 unspecified atom stereocenters. The van der Waals surface area contributed by atoms with Crippen molar-refractivity contribution >= 4 is 23.4 Å². The molecule has 1 spiro atoms. The van der Waals surface area contributed by atoms with Gasteiger partial charge in [-0.05, 0) is 129 Å². The van der Waals surface area contributed by atoms with Gasteiger partial charge in [-0.25, -0.2) is 0 Å². The van der Waals surface area contributed by atoms with E-state index in [-0.39, 0.29) is 40.7 Å². The second-order valence-electron chi connectivity index (χ2n) is 15.7. The Hall–Kier alpha value is -3.27. The summed E-state index contributed by atoms with van der Waals surface area (Å²) >= 11 is 0. The zero-order valence-electron chi connectivity index (χ0n) is 32.9. The molecule has 2 aliphatic carbocycles. The lowest BCUT2D eigenvalue weighted by molar-refractivity contribution is -0.178. The molecule has 1 aromatic rings. The van der Waals surface area contributed by atoms with Crippen molar-refractivity contribution in [2.45, 2.75) is 141 Å². The van der Waals surface area contributed by atoms with E-state index in [2.05, 4.69) is 72.8 Å². The minimum Gasteiger partial charge on any atom is -0.490 e. The molecule has 1 aliphatic heterocycles. The summed E-state index contributed by atoms with van der Waals surface area (Å²) in [7, 11) is 0. The van der Waals surface area contributed by atoms with E-state index in [1.807, 2.05) is 65.8 Å². The maximum atomic E-state index is 15.3. The normalized spacial score (nSPS) is 27.0. The summed E-state index contributed by atoms with van der Waals surface area (Å²) in [5.41, 5.74) is 3.17. The van der Waals surface area contributed by atoms with E-state index in [4.69, 9.17) is 4.74 Å². The summed E-state index contributed by atoms with van der Waals surface area (Å²) in [5.74, 6) is -0.483. The van der Waals surface area contributed by atoms with Gasteiger partial charge in [-0.2, -0.15) is 0 Å². The Labute approximate surface area is 298 Å². The molecule has 1 heterocycles. The highest BCUT2D eigenvalue weighted by atomic mass is 16.5. The van der Waals surface area contributed by atoms with Crippen molar-refractivity contribution in [3.63, 3.8) is 0 Å². The number of fused-ring (bicyclic) bond motifs is 1. The SMILES string of the molecule is CC.CC/C=C\c1cc(C(=O)C2=C3OC(C)(C)[C@@H](CC=C(C)C)C[C@@]34C[C@@H](CC=C(C)C)[C@H](C)[C@@](CC=C(C)C)(C2=O)C4=O)ccc1CC. The van der Waals surface area contributed by atoms with Crippen LogP contribution in [0, 0.1) is 28.6 Å². The molecule has 4 nitrogen and oxygen atoms in total. The van der Waals surface area contributed by atoms with Crippen molar-refractivity contribution in [2.75, 3.05) is 0 Å². The number of ketones is 3. The lowest BCUT2D eigenvalue weighted by Gasteiger charge is -2.60. The van der Waals surface area contributed by atoms with Crippen molar-refractivity contribution in [1.82, 2.24) is 0 Å². The van der Waals surface area contributed by atoms with Gasteiger partial charge in [0, 0.05) is 11.5 Å². The fourth-order valence-electron chi connectivity index (χ4n) is 8.22. The smallest absolute Gasteiger partial charge is 0.200 e. The lowest BCUT2D eigenvalue weighted by Crippen LogP contribution is -2.66. The van der Waals surface area contributed by atoms with Gasteiger partial charge >= 0.3 is 0 Å². The first kappa shape index (κ1) is 40.2. The summed E-state index contributed by atoms with van der Waals surface area (Å²) in [6.45, 7) is 26.8.